The van der Waals surface area contributed by atoms with Crippen LogP contribution >= 0.6 is 0 Å². The van der Waals surface area contributed by atoms with Crippen molar-refractivity contribution in [1.82, 2.24) is 24.6 Å². The van der Waals surface area contributed by atoms with Crippen LogP contribution < -0.4 is 5.32 Å². The lowest BCUT2D eigenvalue weighted by Gasteiger charge is -2.15. The fraction of sp³-hybridized carbons (Fsp3) is 0.455. The molecule has 0 aromatic carbocycles. The summed E-state index contributed by atoms with van der Waals surface area (Å²) < 4.78 is 3.86. The topological polar surface area (TPSA) is 47.7 Å². The molecule has 2 aromatic heterocycles. The Balaban J connectivity index is 2.15. The maximum absolute atomic E-state index is 4.17. The monoisotopic (exact) mass is 219 g/mol. The number of imidazole rings is 1. The zero-order valence-corrected chi connectivity index (χ0v) is 9.88. The van der Waals surface area contributed by atoms with Gasteiger partial charge in [0.05, 0.1) is 24.3 Å². The number of nitrogens with one attached hydrogen (secondary N) is 1. The molecule has 0 spiro atoms. The van der Waals surface area contributed by atoms with Gasteiger partial charge in [-0.05, 0) is 19.0 Å². The first-order valence-electron chi connectivity index (χ1n) is 5.31. The van der Waals surface area contributed by atoms with Crippen LogP contribution in [0.4, 0.5) is 0 Å². The second-order valence-electron chi connectivity index (χ2n) is 4.00. The molecule has 5 nitrogen and oxygen atoms in total. The molecular weight excluding hydrogens is 202 g/mol. The van der Waals surface area contributed by atoms with Gasteiger partial charge in [-0.25, -0.2) is 4.98 Å². The molecule has 0 saturated heterocycles. The lowest BCUT2D eigenvalue weighted by Crippen LogP contribution is -2.21. The van der Waals surface area contributed by atoms with Crippen molar-refractivity contribution in [2.75, 3.05) is 7.05 Å². The maximum atomic E-state index is 4.17. The van der Waals surface area contributed by atoms with E-state index in [1.165, 1.54) is 11.3 Å². The van der Waals surface area contributed by atoms with E-state index < -0.39 is 0 Å². The molecule has 0 aliphatic rings. The Kier molecular flexibility index (Phi) is 3.05. The van der Waals surface area contributed by atoms with Gasteiger partial charge in [-0.2, -0.15) is 5.10 Å². The quantitative estimate of drug-likeness (QED) is 0.821. The average Bonchev–Trinajstić information content (AvgIpc) is 2.84. The first-order valence-corrected chi connectivity index (χ1v) is 5.31. The summed E-state index contributed by atoms with van der Waals surface area (Å²) in [7, 11) is 5.91. The number of hydrogen-bond acceptors (Lipinski definition) is 3. The van der Waals surface area contributed by atoms with Crippen LogP contribution in [-0.4, -0.2) is 26.4 Å². The van der Waals surface area contributed by atoms with Crippen LogP contribution in [0.25, 0.3) is 0 Å². The van der Waals surface area contributed by atoms with Crippen LogP contribution in [0, 0.1) is 0 Å². The van der Waals surface area contributed by atoms with Crippen LogP contribution in [-0.2, 0) is 20.5 Å². The van der Waals surface area contributed by atoms with Crippen molar-refractivity contribution >= 4 is 0 Å². The number of rotatable bonds is 4. The third kappa shape index (κ3) is 2.14. The van der Waals surface area contributed by atoms with Crippen LogP contribution in [0.5, 0.6) is 0 Å². The van der Waals surface area contributed by atoms with Crippen molar-refractivity contribution < 1.29 is 0 Å². The molecule has 0 amide bonds. The molecule has 1 N–H and O–H groups in total. The molecule has 2 rings (SSSR count). The lowest BCUT2D eigenvalue weighted by molar-refractivity contribution is 0.555. The van der Waals surface area contributed by atoms with E-state index in [0.717, 1.165) is 6.42 Å². The number of aryl methyl sites for hydroxylation is 2. The highest BCUT2D eigenvalue weighted by molar-refractivity contribution is 5.13. The normalized spacial score (nSPS) is 12.9. The first kappa shape index (κ1) is 10.9. The molecule has 86 valence electrons. The van der Waals surface area contributed by atoms with Gasteiger partial charge < -0.3 is 9.88 Å². The van der Waals surface area contributed by atoms with Gasteiger partial charge in [0.1, 0.15) is 0 Å². The number of likely N-dealkylation sites (N-methyl/N-ethyl adjacent to an activating group) is 1. The minimum Gasteiger partial charge on any atom is -0.336 e. The molecule has 0 aliphatic heterocycles. The van der Waals surface area contributed by atoms with Gasteiger partial charge in [-0.1, -0.05) is 0 Å². The zero-order chi connectivity index (χ0) is 11.5. The Hall–Kier alpha value is -1.62. The molecule has 5 heteroatoms. The van der Waals surface area contributed by atoms with Crippen molar-refractivity contribution in [3.8, 4) is 0 Å². The van der Waals surface area contributed by atoms with Crippen LogP contribution in [0.15, 0.2) is 24.9 Å². The maximum Gasteiger partial charge on any atom is 0.0946 e. The molecule has 16 heavy (non-hydrogen) atoms. The third-order valence-corrected chi connectivity index (χ3v) is 2.76. The van der Waals surface area contributed by atoms with Crippen LogP contribution in [0.1, 0.15) is 17.3 Å². The summed E-state index contributed by atoms with van der Waals surface area (Å²) in [6.07, 6.45) is 8.59. The largest absolute Gasteiger partial charge is 0.336 e. The smallest absolute Gasteiger partial charge is 0.0946 e. The summed E-state index contributed by atoms with van der Waals surface area (Å²) >= 11 is 0. The van der Waals surface area contributed by atoms with Crippen LogP contribution in [0.2, 0.25) is 0 Å². The summed E-state index contributed by atoms with van der Waals surface area (Å²) in [6.45, 7) is 0. The second kappa shape index (κ2) is 4.49. The summed E-state index contributed by atoms with van der Waals surface area (Å²) in [5.41, 5.74) is 2.41. The van der Waals surface area contributed by atoms with Crippen molar-refractivity contribution in [2.45, 2.75) is 12.5 Å². The summed E-state index contributed by atoms with van der Waals surface area (Å²) in [6, 6.07) is 0.275. The van der Waals surface area contributed by atoms with E-state index in [4.69, 9.17) is 0 Å². The van der Waals surface area contributed by atoms with E-state index in [0.29, 0.717) is 0 Å². The minimum absolute atomic E-state index is 0.275. The van der Waals surface area contributed by atoms with Crippen molar-refractivity contribution in [3.05, 3.63) is 36.2 Å². The molecule has 0 saturated carbocycles. The Labute approximate surface area is 95.1 Å². The molecule has 0 aliphatic carbocycles. The molecule has 2 heterocycles. The number of hydrogen-bond donors (Lipinski definition) is 1. The third-order valence-electron chi connectivity index (χ3n) is 2.76. The van der Waals surface area contributed by atoms with Gasteiger partial charge in [0.2, 0.25) is 0 Å². The SMILES string of the molecule is CNC(Cc1cnn(C)c1)c1cncn1C. The van der Waals surface area contributed by atoms with Crippen LogP contribution in [0.3, 0.4) is 0 Å². The average molecular weight is 219 g/mol. The Bertz CT molecular complexity index is 456. The Morgan fingerprint density at radius 1 is 1.38 bits per heavy atom. The molecule has 0 bridgehead atoms. The molecular formula is C11H17N5. The number of aromatic nitrogens is 4. The van der Waals surface area contributed by atoms with Gasteiger partial charge in [0, 0.05) is 26.5 Å². The van der Waals surface area contributed by atoms with Gasteiger partial charge in [0.15, 0.2) is 0 Å². The molecule has 1 atom stereocenters. The standard InChI is InChI=1S/C11H17N5/c1-12-10(11-6-13-8-15(11)2)4-9-5-14-16(3)7-9/h5-8,10,12H,4H2,1-3H3. The number of nitrogens with zero attached hydrogens (tertiary/aromatic N) is 4. The molecule has 1 unspecified atom stereocenters. The van der Waals surface area contributed by atoms with Crippen molar-refractivity contribution in [2.24, 2.45) is 14.1 Å². The van der Waals surface area contributed by atoms with Gasteiger partial charge >= 0.3 is 0 Å². The first-order chi connectivity index (χ1) is 7.70. The van der Waals surface area contributed by atoms with E-state index >= 15 is 0 Å². The molecule has 0 fully saturated rings. The fourth-order valence-corrected chi connectivity index (χ4v) is 1.87. The highest BCUT2D eigenvalue weighted by Gasteiger charge is 2.14. The second-order valence-corrected chi connectivity index (χ2v) is 4.00. The molecule has 0 radical (unpaired) electrons. The Morgan fingerprint density at radius 2 is 2.19 bits per heavy atom. The zero-order valence-electron chi connectivity index (χ0n) is 9.88. The predicted molar refractivity (Wildman–Crippen MR) is 61.9 cm³/mol. The van der Waals surface area contributed by atoms with E-state index in [9.17, 15) is 0 Å². The summed E-state index contributed by atoms with van der Waals surface area (Å²) in [4.78, 5) is 4.14. The lowest BCUT2D eigenvalue weighted by atomic mass is 10.1. The minimum atomic E-state index is 0.275. The van der Waals surface area contributed by atoms with E-state index in [-0.39, 0.29) is 6.04 Å². The predicted octanol–water partition coefficient (Wildman–Crippen LogP) is 0.657. The van der Waals surface area contributed by atoms with Crippen molar-refractivity contribution in [1.29, 1.82) is 0 Å². The van der Waals surface area contributed by atoms with E-state index in [1.54, 1.807) is 0 Å². The summed E-state index contributed by atoms with van der Waals surface area (Å²) in [5, 5.41) is 7.48. The van der Waals surface area contributed by atoms with Gasteiger partial charge in [-0.3, -0.25) is 4.68 Å². The van der Waals surface area contributed by atoms with Crippen molar-refractivity contribution in [3.63, 3.8) is 0 Å². The van der Waals surface area contributed by atoms with E-state index in [1.807, 2.05) is 55.3 Å². The highest BCUT2D eigenvalue weighted by Crippen LogP contribution is 2.16. The highest BCUT2D eigenvalue weighted by atomic mass is 15.2. The van der Waals surface area contributed by atoms with Gasteiger partial charge in [0.25, 0.3) is 0 Å². The fourth-order valence-electron chi connectivity index (χ4n) is 1.87. The Morgan fingerprint density at radius 3 is 2.69 bits per heavy atom. The molecule has 2 aromatic rings. The summed E-state index contributed by atoms with van der Waals surface area (Å²) in [5.74, 6) is 0. The van der Waals surface area contributed by atoms with Gasteiger partial charge in [-0.15, -0.1) is 0 Å². The van der Waals surface area contributed by atoms with E-state index in [2.05, 4.69) is 15.4 Å².